The maximum atomic E-state index is 12.7. The van der Waals surface area contributed by atoms with Crippen LogP contribution in [0.3, 0.4) is 0 Å². The summed E-state index contributed by atoms with van der Waals surface area (Å²) in [5.41, 5.74) is 2.88. The molecule has 0 spiro atoms. The van der Waals surface area contributed by atoms with E-state index in [9.17, 15) is 4.79 Å². The molecule has 2 aromatic carbocycles. The van der Waals surface area contributed by atoms with Gasteiger partial charge < -0.3 is 9.40 Å². The number of ketones is 1. The first-order valence-electron chi connectivity index (χ1n) is 8.00. The van der Waals surface area contributed by atoms with Crippen molar-refractivity contribution in [1.29, 1.82) is 0 Å². The first kappa shape index (κ1) is 14.5. The molecule has 0 amide bonds. The van der Waals surface area contributed by atoms with Gasteiger partial charge in [0.1, 0.15) is 5.76 Å². The Morgan fingerprint density at radius 1 is 0.958 bits per heavy atom. The third kappa shape index (κ3) is 2.65. The number of fused-ring (bicyclic) bond motifs is 1. The Morgan fingerprint density at radius 2 is 1.75 bits per heavy atom. The van der Waals surface area contributed by atoms with Gasteiger partial charge in [-0.3, -0.25) is 4.79 Å². The Bertz CT molecular complexity index is 952. The normalized spacial score (nSPS) is 12.3. The molecule has 2 heterocycles. The Hall–Kier alpha value is -3.07. The molecule has 1 atom stereocenters. The topological polar surface area (TPSA) is 46.0 Å². The Labute approximate surface area is 139 Å². The van der Waals surface area contributed by atoms with Gasteiger partial charge in [0, 0.05) is 29.1 Å². The van der Waals surface area contributed by atoms with Crippen LogP contribution < -0.4 is 0 Å². The predicted molar refractivity (Wildman–Crippen MR) is 94.2 cm³/mol. The number of H-pyrrole nitrogens is 1. The van der Waals surface area contributed by atoms with E-state index >= 15 is 0 Å². The van der Waals surface area contributed by atoms with Crippen molar-refractivity contribution in [1.82, 2.24) is 4.98 Å². The largest absolute Gasteiger partial charge is 0.469 e. The molecule has 3 heteroatoms. The molecule has 3 nitrogen and oxygen atoms in total. The van der Waals surface area contributed by atoms with Gasteiger partial charge in [-0.15, -0.1) is 0 Å². The molecule has 1 N–H and O–H groups in total. The lowest BCUT2D eigenvalue weighted by Gasteiger charge is -2.13. The van der Waals surface area contributed by atoms with Gasteiger partial charge in [0.05, 0.1) is 12.2 Å². The van der Waals surface area contributed by atoms with Gasteiger partial charge in [-0.1, -0.05) is 48.5 Å². The number of Topliss-reactive ketones (excluding diaryl/α,β-unsaturated/α-hetero) is 1. The molecule has 0 saturated heterocycles. The highest BCUT2D eigenvalue weighted by atomic mass is 16.3. The fourth-order valence-electron chi connectivity index (χ4n) is 3.16. The lowest BCUT2D eigenvalue weighted by atomic mass is 9.89. The zero-order chi connectivity index (χ0) is 16.4. The third-order valence-electron chi connectivity index (χ3n) is 4.37. The number of aromatic amines is 1. The smallest absolute Gasteiger partial charge is 0.163 e. The van der Waals surface area contributed by atoms with E-state index in [4.69, 9.17) is 4.42 Å². The van der Waals surface area contributed by atoms with Crippen LogP contribution in [0.2, 0.25) is 0 Å². The predicted octanol–water partition coefficient (Wildman–Crippen LogP) is 5.17. The molecule has 0 bridgehead atoms. The molecule has 2 aromatic heterocycles. The van der Waals surface area contributed by atoms with Gasteiger partial charge >= 0.3 is 0 Å². The van der Waals surface area contributed by atoms with E-state index in [0.29, 0.717) is 6.42 Å². The summed E-state index contributed by atoms with van der Waals surface area (Å²) in [6.45, 7) is 0. The maximum absolute atomic E-state index is 12.7. The van der Waals surface area contributed by atoms with Crippen molar-refractivity contribution in [3.63, 3.8) is 0 Å². The van der Waals surface area contributed by atoms with Crippen LogP contribution in [0.15, 0.2) is 83.6 Å². The Balaban J connectivity index is 1.74. The zero-order valence-corrected chi connectivity index (χ0v) is 13.1. The molecular weight excluding hydrogens is 298 g/mol. The summed E-state index contributed by atoms with van der Waals surface area (Å²) < 4.78 is 5.64. The number of hydrogen-bond acceptors (Lipinski definition) is 2. The summed E-state index contributed by atoms with van der Waals surface area (Å²) in [4.78, 5) is 16.0. The fraction of sp³-hybridized carbons (Fsp3) is 0.0952. The Morgan fingerprint density at radius 3 is 2.54 bits per heavy atom. The van der Waals surface area contributed by atoms with E-state index in [1.165, 1.54) is 0 Å². The molecule has 0 radical (unpaired) electrons. The van der Waals surface area contributed by atoms with Gasteiger partial charge in [0.2, 0.25) is 0 Å². The van der Waals surface area contributed by atoms with Crippen molar-refractivity contribution in [2.75, 3.05) is 0 Å². The molecule has 0 saturated carbocycles. The summed E-state index contributed by atoms with van der Waals surface area (Å²) >= 11 is 0. The number of benzene rings is 2. The van der Waals surface area contributed by atoms with Crippen molar-refractivity contribution in [2.45, 2.75) is 12.3 Å². The van der Waals surface area contributed by atoms with Crippen molar-refractivity contribution in [2.24, 2.45) is 0 Å². The molecule has 0 aliphatic carbocycles. The summed E-state index contributed by atoms with van der Waals surface area (Å²) in [6.07, 6.45) is 4.01. The van der Waals surface area contributed by atoms with E-state index in [-0.39, 0.29) is 11.7 Å². The quantitative estimate of drug-likeness (QED) is 0.517. The highest BCUT2D eigenvalue weighted by Gasteiger charge is 2.24. The second kappa shape index (κ2) is 6.20. The molecule has 4 aromatic rings. The minimum absolute atomic E-state index is 0.108. The number of carbonyl (C=O) groups is 1. The summed E-state index contributed by atoms with van der Waals surface area (Å²) in [5.74, 6) is 0.815. The second-order valence-electron chi connectivity index (χ2n) is 5.85. The van der Waals surface area contributed by atoms with Crippen LogP contribution in [0, 0.1) is 0 Å². The molecule has 118 valence electrons. The monoisotopic (exact) mass is 315 g/mol. The average molecular weight is 315 g/mol. The lowest BCUT2D eigenvalue weighted by Crippen LogP contribution is -2.08. The zero-order valence-electron chi connectivity index (χ0n) is 13.1. The van der Waals surface area contributed by atoms with Gasteiger partial charge in [0.15, 0.2) is 5.78 Å². The minimum Gasteiger partial charge on any atom is -0.469 e. The summed E-state index contributed by atoms with van der Waals surface area (Å²) in [6, 6.07) is 21.3. The highest BCUT2D eigenvalue weighted by Crippen LogP contribution is 2.34. The molecule has 0 fully saturated rings. The van der Waals surface area contributed by atoms with Crippen molar-refractivity contribution in [3.05, 3.63) is 96.1 Å². The van der Waals surface area contributed by atoms with Crippen LogP contribution in [0.4, 0.5) is 0 Å². The van der Waals surface area contributed by atoms with E-state index in [1.807, 2.05) is 66.9 Å². The highest BCUT2D eigenvalue weighted by molar-refractivity contribution is 5.97. The summed E-state index contributed by atoms with van der Waals surface area (Å²) in [7, 11) is 0. The van der Waals surface area contributed by atoms with Crippen molar-refractivity contribution in [3.8, 4) is 0 Å². The molecule has 24 heavy (non-hydrogen) atoms. The number of nitrogens with one attached hydrogen (secondary N) is 1. The second-order valence-corrected chi connectivity index (χ2v) is 5.85. The average Bonchev–Trinajstić information content (AvgIpc) is 3.30. The van der Waals surface area contributed by atoms with E-state index in [1.54, 1.807) is 6.26 Å². The van der Waals surface area contributed by atoms with Crippen LogP contribution in [-0.4, -0.2) is 10.8 Å². The van der Waals surface area contributed by atoms with E-state index in [0.717, 1.165) is 27.8 Å². The lowest BCUT2D eigenvalue weighted by molar-refractivity contribution is 0.0975. The molecule has 0 unspecified atom stereocenters. The first-order valence-corrected chi connectivity index (χ1v) is 8.00. The van der Waals surface area contributed by atoms with Crippen LogP contribution >= 0.6 is 0 Å². The fourth-order valence-corrected chi connectivity index (χ4v) is 3.16. The van der Waals surface area contributed by atoms with Crippen LogP contribution in [0.5, 0.6) is 0 Å². The third-order valence-corrected chi connectivity index (χ3v) is 4.37. The number of hydrogen-bond donors (Lipinski definition) is 1. The number of carbonyl (C=O) groups excluding carboxylic acids is 1. The maximum Gasteiger partial charge on any atom is 0.163 e. The number of aromatic nitrogens is 1. The van der Waals surface area contributed by atoms with Crippen molar-refractivity contribution < 1.29 is 9.21 Å². The van der Waals surface area contributed by atoms with Gasteiger partial charge in [-0.05, 0) is 23.8 Å². The van der Waals surface area contributed by atoms with E-state index in [2.05, 4.69) is 11.1 Å². The molecular formula is C21H17NO2. The van der Waals surface area contributed by atoms with Gasteiger partial charge in [0.25, 0.3) is 0 Å². The number of para-hydroxylation sites is 1. The summed E-state index contributed by atoms with van der Waals surface area (Å²) in [5, 5.41) is 1.12. The van der Waals surface area contributed by atoms with Crippen molar-refractivity contribution >= 4 is 16.7 Å². The van der Waals surface area contributed by atoms with Crippen LogP contribution in [-0.2, 0) is 0 Å². The molecule has 0 aliphatic heterocycles. The molecule has 0 aliphatic rings. The van der Waals surface area contributed by atoms with Gasteiger partial charge in [-0.25, -0.2) is 0 Å². The molecule has 4 rings (SSSR count). The number of furan rings is 1. The van der Waals surface area contributed by atoms with Crippen LogP contribution in [0.1, 0.15) is 34.0 Å². The number of rotatable bonds is 5. The first-order chi connectivity index (χ1) is 11.8. The Kier molecular flexibility index (Phi) is 3.75. The standard InChI is InChI=1S/C21H17NO2/c23-20(15-7-2-1-3-8-15)13-17(21-11-6-12-24-21)18-14-22-19-10-5-4-9-16(18)19/h1-12,14,17,22H,13H2/t17-/m0/s1. The van der Waals surface area contributed by atoms with E-state index < -0.39 is 0 Å². The van der Waals surface area contributed by atoms with Crippen LogP contribution in [0.25, 0.3) is 10.9 Å². The SMILES string of the molecule is O=C(C[C@H](c1ccco1)c1c[nH]c2ccccc12)c1ccccc1. The van der Waals surface area contributed by atoms with Gasteiger partial charge in [-0.2, -0.15) is 0 Å². The minimum atomic E-state index is -0.108.